The van der Waals surface area contributed by atoms with Crippen LogP contribution in [0.5, 0.6) is 0 Å². The molecule has 1 aromatic rings. The Kier molecular flexibility index (Phi) is 4.50. The predicted molar refractivity (Wildman–Crippen MR) is 62.7 cm³/mol. The summed E-state index contributed by atoms with van der Waals surface area (Å²) in [5, 5.41) is 8.99. The molecule has 0 saturated carbocycles. The Balaban J connectivity index is 2.81. The van der Waals surface area contributed by atoms with Gasteiger partial charge in [-0.05, 0) is 31.9 Å². The van der Waals surface area contributed by atoms with E-state index in [1.54, 1.807) is 6.92 Å². The van der Waals surface area contributed by atoms with Gasteiger partial charge >= 0.3 is 5.97 Å². The van der Waals surface area contributed by atoms with Crippen LogP contribution in [0.2, 0.25) is 0 Å². The van der Waals surface area contributed by atoms with Gasteiger partial charge in [0.2, 0.25) is 0 Å². The van der Waals surface area contributed by atoms with Crippen molar-refractivity contribution in [2.45, 2.75) is 33.3 Å². The van der Waals surface area contributed by atoms with Gasteiger partial charge in [0, 0.05) is 13.0 Å². The Morgan fingerprint density at radius 3 is 2.62 bits per heavy atom. The molecule has 0 bridgehead atoms. The first-order valence-corrected chi connectivity index (χ1v) is 5.45. The van der Waals surface area contributed by atoms with E-state index in [0.29, 0.717) is 13.0 Å². The zero-order valence-electron chi connectivity index (χ0n) is 9.99. The normalized spacial score (nSPS) is 12.4. The number of hydrogen-bond acceptors (Lipinski definition) is 2. The summed E-state index contributed by atoms with van der Waals surface area (Å²) >= 11 is 0. The van der Waals surface area contributed by atoms with Crippen LogP contribution in [0.15, 0.2) is 18.2 Å². The molecular formula is C13H18O3. The summed E-state index contributed by atoms with van der Waals surface area (Å²) in [5.74, 6) is -0.901. The quantitative estimate of drug-likeness (QED) is 0.831. The first kappa shape index (κ1) is 12.7. The average Bonchev–Trinajstić information content (AvgIpc) is 2.20. The fourth-order valence-electron chi connectivity index (χ4n) is 1.69. The lowest BCUT2D eigenvalue weighted by molar-refractivity contribution is -0.149. The highest BCUT2D eigenvalue weighted by Gasteiger charge is 2.18. The summed E-state index contributed by atoms with van der Waals surface area (Å²) in [7, 11) is 0. The summed E-state index contributed by atoms with van der Waals surface area (Å²) in [4.78, 5) is 10.9. The molecule has 0 aliphatic carbocycles. The maximum Gasteiger partial charge on any atom is 0.333 e. The number of ether oxygens (including phenoxy) is 1. The molecule has 0 aliphatic rings. The van der Waals surface area contributed by atoms with Gasteiger partial charge in [0.25, 0.3) is 0 Å². The number of benzene rings is 1. The van der Waals surface area contributed by atoms with Gasteiger partial charge in [-0.2, -0.15) is 0 Å². The van der Waals surface area contributed by atoms with Crippen molar-refractivity contribution in [3.8, 4) is 0 Å². The smallest absolute Gasteiger partial charge is 0.333 e. The van der Waals surface area contributed by atoms with Crippen LogP contribution in [-0.2, 0) is 16.0 Å². The van der Waals surface area contributed by atoms with Gasteiger partial charge in [0.15, 0.2) is 6.10 Å². The zero-order chi connectivity index (χ0) is 12.1. The molecule has 3 heteroatoms. The van der Waals surface area contributed by atoms with E-state index < -0.39 is 12.1 Å². The Labute approximate surface area is 96.1 Å². The number of hydrogen-bond donors (Lipinski definition) is 1. The van der Waals surface area contributed by atoms with Crippen LogP contribution in [0.25, 0.3) is 0 Å². The Bertz CT molecular complexity index is 371. The number of aliphatic carboxylic acids is 1. The van der Waals surface area contributed by atoms with E-state index in [9.17, 15) is 4.79 Å². The molecule has 1 N–H and O–H groups in total. The molecule has 1 unspecified atom stereocenters. The fraction of sp³-hybridized carbons (Fsp3) is 0.462. The van der Waals surface area contributed by atoms with Gasteiger partial charge in [-0.1, -0.05) is 23.8 Å². The van der Waals surface area contributed by atoms with Crippen LogP contribution < -0.4 is 0 Å². The van der Waals surface area contributed by atoms with Crippen LogP contribution in [0.4, 0.5) is 0 Å². The number of carboxylic acids is 1. The van der Waals surface area contributed by atoms with E-state index in [-0.39, 0.29) is 0 Å². The first-order chi connectivity index (χ1) is 7.54. The van der Waals surface area contributed by atoms with Crippen molar-refractivity contribution >= 4 is 5.97 Å². The Hall–Kier alpha value is -1.35. The molecule has 0 aromatic heterocycles. The fourth-order valence-corrected chi connectivity index (χ4v) is 1.69. The molecule has 16 heavy (non-hydrogen) atoms. The van der Waals surface area contributed by atoms with E-state index in [4.69, 9.17) is 9.84 Å². The highest BCUT2D eigenvalue weighted by atomic mass is 16.5. The van der Waals surface area contributed by atoms with E-state index in [1.165, 1.54) is 5.56 Å². The van der Waals surface area contributed by atoms with E-state index >= 15 is 0 Å². The first-order valence-electron chi connectivity index (χ1n) is 5.45. The largest absolute Gasteiger partial charge is 0.479 e. The van der Waals surface area contributed by atoms with Gasteiger partial charge in [0.1, 0.15) is 0 Å². The molecule has 0 amide bonds. The lowest BCUT2D eigenvalue weighted by Crippen LogP contribution is -2.26. The average molecular weight is 222 g/mol. The second-order valence-corrected chi connectivity index (χ2v) is 3.92. The highest BCUT2D eigenvalue weighted by molar-refractivity contribution is 5.72. The minimum Gasteiger partial charge on any atom is -0.479 e. The lowest BCUT2D eigenvalue weighted by atomic mass is 10.0. The predicted octanol–water partition coefficient (Wildman–Crippen LogP) is 2.34. The minimum absolute atomic E-state index is 0.419. The maximum atomic E-state index is 10.9. The van der Waals surface area contributed by atoms with Crippen molar-refractivity contribution in [1.82, 2.24) is 0 Å². The molecule has 0 saturated heterocycles. The van der Waals surface area contributed by atoms with Crippen molar-refractivity contribution < 1.29 is 14.6 Å². The summed E-state index contributed by atoms with van der Waals surface area (Å²) < 4.78 is 5.19. The number of aryl methyl sites for hydroxylation is 2. The highest BCUT2D eigenvalue weighted by Crippen LogP contribution is 2.14. The molecule has 1 atom stereocenters. The molecule has 0 radical (unpaired) electrons. The van der Waals surface area contributed by atoms with Crippen LogP contribution in [0, 0.1) is 13.8 Å². The molecular weight excluding hydrogens is 204 g/mol. The van der Waals surface area contributed by atoms with Crippen LogP contribution >= 0.6 is 0 Å². The van der Waals surface area contributed by atoms with E-state index in [1.807, 2.05) is 26.0 Å². The molecule has 0 fully saturated rings. The third kappa shape index (κ3) is 3.35. The molecule has 0 heterocycles. The topological polar surface area (TPSA) is 46.5 Å². The van der Waals surface area contributed by atoms with Gasteiger partial charge in [-0.25, -0.2) is 4.79 Å². The molecule has 1 aromatic carbocycles. The number of carbonyl (C=O) groups is 1. The van der Waals surface area contributed by atoms with Crippen LogP contribution in [0.3, 0.4) is 0 Å². The molecule has 0 spiro atoms. The summed E-state index contributed by atoms with van der Waals surface area (Å²) in [6, 6.07) is 6.02. The second kappa shape index (κ2) is 5.66. The molecule has 0 aliphatic heterocycles. The Morgan fingerprint density at radius 1 is 1.44 bits per heavy atom. The SMILES string of the molecule is CCOC(Cc1ccc(C)cc1C)C(=O)O. The van der Waals surface area contributed by atoms with Crippen molar-refractivity contribution in [3.63, 3.8) is 0 Å². The third-order valence-corrected chi connectivity index (χ3v) is 2.55. The van der Waals surface area contributed by atoms with Gasteiger partial charge in [-0.15, -0.1) is 0 Å². The van der Waals surface area contributed by atoms with E-state index in [0.717, 1.165) is 11.1 Å². The van der Waals surface area contributed by atoms with Crippen LogP contribution in [0.1, 0.15) is 23.6 Å². The third-order valence-electron chi connectivity index (χ3n) is 2.55. The summed E-state index contributed by atoms with van der Waals surface area (Å²) in [6.45, 7) is 6.24. The number of carboxylic acid groups (broad SMARTS) is 1. The lowest BCUT2D eigenvalue weighted by Gasteiger charge is -2.14. The monoisotopic (exact) mass is 222 g/mol. The Morgan fingerprint density at radius 2 is 2.12 bits per heavy atom. The standard InChI is InChI=1S/C13H18O3/c1-4-16-12(13(14)15)8-11-6-5-9(2)7-10(11)3/h5-7,12H,4,8H2,1-3H3,(H,14,15). The molecule has 1 rings (SSSR count). The molecule has 3 nitrogen and oxygen atoms in total. The maximum absolute atomic E-state index is 10.9. The summed E-state index contributed by atoms with van der Waals surface area (Å²) in [5.41, 5.74) is 3.34. The van der Waals surface area contributed by atoms with Crippen LogP contribution in [-0.4, -0.2) is 23.8 Å². The zero-order valence-corrected chi connectivity index (χ0v) is 9.99. The van der Waals surface area contributed by atoms with Gasteiger partial charge in [0.05, 0.1) is 0 Å². The minimum atomic E-state index is -0.901. The van der Waals surface area contributed by atoms with Crippen molar-refractivity contribution in [1.29, 1.82) is 0 Å². The van der Waals surface area contributed by atoms with Gasteiger partial charge in [-0.3, -0.25) is 0 Å². The molecule has 88 valence electrons. The van der Waals surface area contributed by atoms with Crippen molar-refractivity contribution in [2.24, 2.45) is 0 Å². The van der Waals surface area contributed by atoms with Crippen molar-refractivity contribution in [3.05, 3.63) is 34.9 Å². The summed E-state index contributed by atoms with van der Waals surface area (Å²) in [6.07, 6.45) is -0.318. The van der Waals surface area contributed by atoms with E-state index in [2.05, 4.69) is 6.07 Å². The van der Waals surface area contributed by atoms with Crippen molar-refractivity contribution in [2.75, 3.05) is 6.61 Å². The number of rotatable bonds is 5. The van der Waals surface area contributed by atoms with Gasteiger partial charge < -0.3 is 9.84 Å². The second-order valence-electron chi connectivity index (χ2n) is 3.92.